The summed E-state index contributed by atoms with van der Waals surface area (Å²) in [6.07, 6.45) is -0.840. The largest absolute Gasteiger partial charge is 0.387 e. The molecule has 2 amide bonds. The first kappa shape index (κ1) is 16.9. The molecule has 0 heterocycles. The van der Waals surface area contributed by atoms with Crippen molar-refractivity contribution in [1.29, 1.82) is 0 Å². The number of hydrogen-bond acceptors (Lipinski definition) is 2. The summed E-state index contributed by atoms with van der Waals surface area (Å²) in [5.74, 6) is -1.16. The Morgan fingerprint density at radius 3 is 2.65 bits per heavy atom. The molecule has 1 unspecified atom stereocenters. The van der Waals surface area contributed by atoms with Gasteiger partial charge in [-0.1, -0.05) is 24.3 Å². The van der Waals surface area contributed by atoms with Gasteiger partial charge in [0.25, 0.3) is 0 Å². The minimum atomic E-state index is -0.840. The zero-order chi connectivity index (χ0) is 16.8. The zero-order valence-electron chi connectivity index (χ0n) is 12.6. The molecule has 0 aromatic heterocycles. The Kier molecular flexibility index (Phi) is 5.65. The van der Waals surface area contributed by atoms with E-state index >= 15 is 0 Å². The highest BCUT2D eigenvalue weighted by molar-refractivity contribution is 5.73. The molecule has 0 bridgehead atoms. The van der Waals surface area contributed by atoms with E-state index in [-0.39, 0.29) is 18.7 Å². The number of aliphatic hydroxyl groups excluding tert-OH is 1. The Hall–Kier alpha value is -2.47. The molecule has 2 aromatic carbocycles. The number of urea groups is 1. The van der Waals surface area contributed by atoms with E-state index in [0.29, 0.717) is 0 Å². The fourth-order valence-corrected chi connectivity index (χ4v) is 2.18. The van der Waals surface area contributed by atoms with Crippen LogP contribution < -0.4 is 10.6 Å². The molecule has 0 radical (unpaired) electrons. The average molecular weight is 320 g/mol. The van der Waals surface area contributed by atoms with Crippen molar-refractivity contribution < 1.29 is 18.7 Å². The van der Waals surface area contributed by atoms with Gasteiger partial charge in [-0.3, -0.25) is 0 Å². The van der Waals surface area contributed by atoms with Crippen molar-refractivity contribution >= 4 is 6.03 Å². The first-order valence-electron chi connectivity index (χ1n) is 7.16. The molecule has 0 fully saturated rings. The molecule has 0 saturated carbocycles. The van der Waals surface area contributed by atoms with Gasteiger partial charge in [-0.25, -0.2) is 13.6 Å². The predicted molar refractivity (Wildman–Crippen MR) is 82.7 cm³/mol. The number of nitrogens with one attached hydrogen (secondary N) is 2. The fraction of sp³-hybridized carbons (Fsp3) is 0.235. The van der Waals surface area contributed by atoms with Crippen molar-refractivity contribution in [3.8, 4) is 0 Å². The molecule has 0 spiro atoms. The van der Waals surface area contributed by atoms with Gasteiger partial charge in [0.05, 0.1) is 6.10 Å². The minimum Gasteiger partial charge on any atom is -0.387 e. The van der Waals surface area contributed by atoms with E-state index in [4.69, 9.17) is 0 Å². The number of hydrogen-bond donors (Lipinski definition) is 3. The van der Waals surface area contributed by atoms with Crippen LogP contribution in [0.4, 0.5) is 13.6 Å². The molecule has 2 rings (SSSR count). The number of halogens is 2. The fourth-order valence-electron chi connectivity index (χ4n) is 2.18. The van der Waals surface area contributed by atoms with Crippen LogP contribution in [0.25, 0.3) is 0 Å². The third kappa shape index (κ3) is 4.75. The van der Waals surface area contributed by atoms with Gasteiger partial charge in [-0.15, -0.1) is 0 Å². The van der Waals surface area contributed by atoms with E-state index < -0.39 is 23.8 Å². The molecule has 4 nitrogen and oxygen atoms in total. The van der Waals surface area contributed by atoms with Gasteiger partial charge in [0.1, 0.15) is 11.6 Å². The Bertz CT molecular complexity index is 692. The molecule has 0 saturated heterocycles. The highest BCUT2D eigenvalue weighted by Crippen LogP contribution is 2.16. The Balaban J connectivity index is 1.83. The summed E-state index contributed by atoms with van der Waals surface area (Å²) >= 11 is 0. The molecule has 3 N–H and O–H groups in total. The van der Waals surface area contributed by atoms with Crippen LogP contribution in [0.3, 0.4) is 0 Å². The van der Waals surface area contributed by atoms with Crippen molar-refractivity contribution in [3.63, 3.8) is 0 Å². The number of aryl methyl sites for hydroxylation is 1. The van der Waals surface area contributed by atoms with Gasteiger partial charge < -0.3 is 15.7 Å². The van der Waals surface area contributed by atoms with Gasteiger partial charge in [0.2, 0.25) is 0 Å². The molecule has 122 valence electrons. The van der Waals surface area contributed by atoms with Gasteiger partial charge in [-0.2, -0.15) is 0 Å². The van der Waals surface area contributed by atoms with Crippen molar-refractivity contribution in [2.24, 2.45) is 0 Å². The maximum Gasteiger partial charge on any atom is 0.315 e. The van der Waals surface area contributed by atoms with Gasteiger partial charge in [0, 0.05) is 18.7 Å². The lowest BCUT2D eigenvalue weighted by Crippen LogP contribution is -2.37. The maximum atomic E-state index is 13.4. The normalized spacial score (nSPS) is 11.8. The van der Waals surface area contributed by atoms with Gasteiger partial charge in [0.15, 0.2) is 0 Å². The summed E-state index contributed by atoms with van der Waals surface area (Å²) in [5, 5.41) is 15.0. The van der Waals surface area contributed by atoms with Gasteiger partial charge in [-0.05, 0) is 36.2 Å². The highest BCUT2D eigenvalue weighted by atomic mass is 19.1. The number of carbonyl (C=O) groups excluding carboxylic acids is 1. The molecule has 6 heteroatoms. The molecule has 0 aliphatic heterocycles. The van der Waals surface area contributed by atoms with E-state index in [1.54, 1.807) is 12.1 Å². The van der Waals surface area contributed by atoms with Crippen LogP contribution in [0.15, 0.2) is 42.5 Å². The molecule has 2 aromatic rings. The Morgan fingerprint density at radius 2 is 1.91 bits per heavy atom. The second kappa shape index (κ2) is 7.69. The smallest absolute Gasteiger partial charge is 0.315 e. The molecule has 23 heavy (non-hydrogen) atoms. The molecule has 1 atom stereocenters. The van der Waals surface area contributed by atoms with Crippen LogP contribution in [0.2, 0.25) is 0 Å². The Morgan fingerprint density at radius 1 is 1.17 bits per heavy atom. The summed E-state index contributed by atoms with van der Waals surface area (Å²) in [5.41, 5.74) is 1.70. The average Bonchev–Trinajstić information content (AvgIpc) is 2.54. The van der Waals surface area contributed by atoms with Crippen LogP contribution in [0.1, 0.15) is 22.8 Å². The highest BCUT2D eigenvalue weighted by Gasteiger charge is 2.12. The van der Waals surface area contributed by atoms with Crippen molar-refractivity contribution in [2.45, 2.75) is 19.6 Å². The monoisotopic (exact) mass is 320 g/mol. The van der Waals surface area contributed by atoms with E-state index in [1.165, 1.54) is 0 Å². The van der Waals surface area contributed by atoms with Crippen LogP contribution in [-0.2, 0) is 6.54 Å². The van der Waals surface area contributed by atoms with Crippen LogP contribution >= 0.6 is 0 Å². The topological polar surface area (TPSA) is 61.4 Å². The van der Waals surface area contributed by atoms with Crippen molar-refractivity contribution in [3.05, 3.63) is 70.8 Å². The molecule has 0 aliphatic carbocycles. The lowest BCUT2D eigenvalue weighted by molar-refractivity contribution is 0.172. The number of aliphatic hydroxyl groups is 1. The first-order chi connectivity index (χ1) is 11.0. The third-order valence-electron chi connectivity index (χ3n) is 3.45. The zero-order valence-corrected chi connectivity index (χ0v) is 12.6. The standard InChI is InChI=1S/C17H18F2N2O2/c1-11-4-2-3-5-14(11)16(22)10-21-17(23)20-9-12-8-13(18)6-7-15(12)19/h2-8,16,22H,9-10H2,1H3,(H2,20,21,23). The van der Waals surface area contributed by atoms with E-state index in [9.17, 15) is 18.7 Å². The second-order valence-electron chi connectivity index (χ2n) is 5.17. The summed E-state index contributed by atoms with van der Waals surface area (Å²) in [6, 6.07) is 9.78. The first-order valence-corrected chi connectivity index (χ1v) is 7.16. The lowest BCUT2D eigenvalue weighted by Gasteiger charge is -2.15. The van der Waals surface area contributed by atoms with Crippen LogP contribution in [-0.4, -0.2) is 17.7 Å². The number of carbonyl (C=O) groups is 1. The van der Waals surface area contributed by atoms with E-state index in [0.717, 1.165) is 29.3 Å². The van der Waals surface area contributed by atoms with Crippen molar-refractivity contribution in [1.82, 2.24) is 10.6 Å². The van der Waals surface area contributed by atoms with E-state index in [2.05, 4.69) is 10.6 Å². The Labute approximate surface area is 133 Å². The minimum absolute atomic E-state index is 0.0162. The molecule has 0 aliphatic rings. The summed E-state index contributed by atoms with van der Waals surface area (Å²) in [6.45, 7) is 1.74. The quantitative estimate of drug-likeness (QED) is 0.793. The third-order valence-corrected chi connectivity index (χ3v) is 3.45. The SMILES string of the molecule is Cc1ccccc1C(O)CNC(=O)NCc1cc(F)ccc1F. The van der Waals surface area contributed by atoms with Crippen molar-refractivity contribution in [2.75, 3.05) is 6.54 Å². The summed E-state index contributed by atoms with van der Waals surface area (Å²) in [7, 11) is 0. The van der Waals surface area contributed by atoms with E-state index in [1.807, 2.05) is 19.1 Å². The lowest BCUT2D eigenvalue weighted by atomic mass is 10.0. The summed E-state index contributed by atoms with van der Waals surface area (Å²) < 4.78 is 26.4. The van der Waals surface area contributed by atoms with Gasteiger partial charge >= 0.3 is 6.03 Å². The molecular formula is C17H18F2N2O2. The van der Waals surface area contributed by atoms with Crippen LogP contribution in [0, 0.1) is 18.6 Å². The number of benzene rings is 2. The summed E-state index contributed by atoms with van der Waals surface area (Å²) in [4.78, 5) is 11.7. The van der Waals surface area contributed by atoms with Crippen LogP contribution in [0.5, 0.6) is 0 Å². The predicted octanol–water partition coefficient (Wildman–Crippen LogP) is 2.81. The molecular weight excluding hydrogens is 302 g/mol. The number of amides is 2. The number of rotatable bonds is 5. The second-order valence-corrected chi connectivity index (χ2v) is 5.17. The maximum absolute atomic E-state index is 13.4.